The summed E-state index contributed by atoms with van der Waals surface area (Å²) in [6.07, 6.45) is 1.04. The van der Waals surface area contributed by atoms with E-state index >= 15 is 0 Å². The standard InChI is InChI=1S/C26H32F2N4O2/c1-30-11-13-31(14-12-30)18-20-4-2-3-19(15-20)17-29-25(33)21-7-9-32(10-8-21)26(34)23-6-5-22(27)16-24(23)28/h2-6,15-16,21H,7-14,17-18H2,1H3,(H,29,33). The quantitative estimate of drug-likeness (QED) is 0.706. The Morgan fingerprint density at radius 2 is 1.65 bits per heavy atom. The van der Waals surface area contributed by atoms with Gasteiger partial charge in [-0.15, -0.1) is 0 Å². The summed E-state index contributed by atoms with van der Waals surface area (Å²) >= 11 is 0. The van der Waals surface area contributed by atoms with Crippen LogP contribution in [0.2, 0.25) is 0 Å². The van der Waals surface area contributed by atoms with Crippen molar-refractivity contribution in [3.63, 3.8) is 0 Å². The summed E-state index contributed by atoms with van der Waals surface area (Å²) < 4.78 is 27.1. The van der Waals surface area contributed by atoms with E-state index in [9.17, 15) is 18.4 Å². The molecule has 34 heavy (non-hydrogen) atoms. The lowest BCUT2D eigenvalue weighted by Gasteiger charge is -2.32. The van der Waals surface area contributed by atoms with Crippen LogP contribution in [0, 0.1) is 17.6 Å². The number of hydrogen-bond donors (Lipinski definition) is 1. The van der Waals surface area contributed by atoms with Crippen LogP contribution in [-0.2, 0) is 17.9 Å². The van der Waals surface area contributed by atoms with Crippen molar-refractivity contribution in [2.45, 2.75) is 25.9 Å². The summed E-state index contributed by atoms with van der Waals surface area (Å²) in [4.78, 5) is 31.6. The minimum absolute atomic E-state index is 0.0236. The van der Waals surface area contributed by atoms with Crippen LogP contribution < -0.4 is 5.32 Å². The van der Waals surface area contributed by atoms with Crippen molar-refractivity contribution in [1.29, 1.82) is 0 Å². The lowest BCUT2D eigenvalue weighted by Crippen LogP contribution is -2.43. The highest BCUT2D eigenvalue weighted by Gasteiger charge is 2.29. The van der Waals surface area contributed by atoms with Crippen LogP contribution in [0.4, 0.5) is 8.78 Å². The van der Waals surface area contributed by atoms with Crippen LogP contribution in [0.5, 0.6) is 0 Å². The third kappa shape index (κ3) is 6.18. The van der Waals surface area contributed by atoms with E-state index in [4.69, 9.17) is 0 Å². The zero-order chi connectivity index (χ0) is 24.1. The van der Waals surface area contributed by atoms with Gasteiger partial charge in [-0.25, -0.2) is 8.78 Å². The van der Waals surface area contributed by atoms with E-state index in [0.29, 0.717) is 38.5 Å². The SMILES string of the molecule is CN1CCN(Cc2cccc(CNC(=O)C3CCN(C(=O)c4ccc(F)cc4F)CC3)c2)CC1. The smallest absolute Gasteiger partial charge is 0.256 e. The highest BCUT2D eigenvalue weighted by atomic mass is 19.1. The third-order valence-electron chi connectivity index (χ3n) is 6.77. The number of carbonyl (C=O) groups excluding carboxylic acids is 2. The largest absolute Gasteiger partial charge is 0.352 e. The Morgan fingerprint density at radius 1 is 0.941 bits per heavy atom. The van der Waals surface area contributed by atoms with Crippen molar-refractivity contribution >= 4 is 11.8 Å². The van der Waals surface area contributed by atoms with Gasteiger partial charge in [0.05, 0.1) is 5.56 Å². The Morgan fingerprint density at radius 3 is 2.35 bits per heavy atom. The molecule has 8 heteroatoms. The molecule has 4 rings (SSSR count). The molecular formula is C26H32F2N4O2. The van der Waals surface area contributed by atoms with Crippen LogP contribution in [-0.4, -0.2) is 72.8 Å². The number of likely N-dealkylation sites (N-methyl/N-ethyl adjacent to an activating group) is 1. The Hall–Kier alpha value is -2.84. The number of amides is 2. The first-order valence-corrected chi connectivity index (χ1v) is 11.9. The molecule has 0 aromatic heterocycles. The molecule has 0 spiro atoms. The zero-order valence-corrected chi connectivity index (χ0v) is 19.6. The van der Waals surface area contributed by atoms with Gasteiger partial charge in [0.2, 0.25) is 5.91 Å². The van der Waals surface area contributed by atoms with E-state index in [1.165, 1.54) is 16.5 Å². The van der Waals surface area contributed by atoms with Crippen molar-refractivity contribution in [3.05, 3.63) is 70.8 Å². The average molecular weight is 471 g/mol. The normalized spacial score (nSPS) is 18.1. The molecule has 182 valence electrons. The number of rotatable bonds is 6. The molecule has 2 fully saturated rings. The third-order valence-corrected chi connectivity index (χ3v) is 6.77. The first-order chi connectivity index (χ1) is 16.4. The maximum absolute atomic E-state index is 13.9. The summed E-state index contributed by atoms with van der Waals surface area (Å²) in [6, 6.07) is 11.3. The van der Waals surface area contributed by atoms with Crippen LogP contribution in [0.15, 0.2) is 42.5 Å². The molecule has 2 aromatic carbocycles. The van der Waals surface area contributed by atoms with Crippen molar-refractivity contribution in [2.24, 2.45) is 5.92 Å². The number of carbonyl (C=O) groups is 2. The topological polar surface area (TPSA) is 55.9 Å². The van der Waals surface area contributed by atoms with Gasteiger partial charge in [0.1, 0.15) is 11.6 Å². The highest BCUT2D eigenvalue weighted by Crippen LogP contribution is 2.21. The predicted molar refractivity (Wildman–Crippen MR) is 126 cm³/mol. The second kappa shape index (κ2) is 11.1. The summed E-state index contributed by atoms with van der Waals surface area (Å²) in [5, 5.41) is 3.03. The molecule has 2 aliphatic rings. The predicted octanol–water partition coefficient (Wildman–Crippen LogP) is 2.88. The fraction of sp³-hybridized carbons (Fsp3) is 0.462. The van der Waals surface area contributed by atoms with Gasteiger partial charge in [0, 0.05) is 64.3 Å². The molecule has 0 radical (unpaired) electrons. The van der Waals surface area contributed by atoms with E-state index in [0.717, 1.165) is 44.4 Å². The van der Waals surface area contributed by atoms with Gasteiger partial charge in [-0.05, 0) is 43.1 Å². The number of nitrogens with zero attached hydrogens (tertiary/aromatic N) is 3. The molecule has 0 bridgehead atoms. The lowest BCUT2D eigenvalue weighted by molar-refractivity contribution is -0.126. The highest BCUT2D eigenvalue weighted by molar-refractivity contribution is 5.94. The minimum atomic E-state index is -0.861. The summed E-state index contributed by atoms with van der Waals surface area (Å²) in [7, 11) is 2.15. The second-order valence-electron chi connectivity index (χ2n) is 9.31. The van der Waals surface area contributed by atoms with Gasteiger partial charge >= 0.3 is 0 Å². The average Bonchev–Trinajstić information content (AvgIpc) is 2.84. The number of halogens is 2. The monoisotopic (exact) mass is 470 g/mol. The Labute approximate surface area is 199 Å². The maximum Gasteiger partial charge on any atom is 0.256 e. The molecule has 2 heterocycles. The molecule has 0 aliphatic carbocycles. The molecule has 1 N–H and O–H groups in total. The summed E-state index contributed by atoms with van der Waals surface area (Å²) in [5.41, 5.74) is 2.18. The number of piperidine rings is 1. The van der Waals surface area contributed by atoms with Crippen LogP contribution >= 0.6 is 0 Å². The van der Waals surface area contributed by atoms with Crippen LogP contribution in [0.1, 0.15) is 34.3 Å². The molecule has 2 aliphatic heterocycles. The summed E-state index contributed by atoms with van der Waals surface area (Å²) in [5.74, 6) is -2.25. The maximum atomic E-state index is 13.9. The Kier molecular flexibility index (Phi) is 7.90. The van der Waals surface area contributed by atoms with Gasteiger partial charge in [-0.1, -0.05) is 24.3 Å². The molecule has 2 aromatic rings. The number of hydrogen-bond acceptors (Lipinski definition) is 4. The van der Waals surface area contributed by atoms with Crippen molar-refractivity contribution < 1.29 is 18.4 Å². The van der Waals surface area contributed by atoms with Crippen molar-refractivity contribution in [3.8, 4) is 0 Å². The molecule has 6 nitrogen and oxygen atoms in total. The Bertz CT molecular complexity index is 1020. The number of piperazine rings is 1. The van der Waals surface area contributed by atoms with Gasteiger partial charge < -0.3 is 15.1 Å². The minimum Gasteiger partial charge on any atom is -0.352 e. The number of benzene rings is 2. The van der Waals surface area contributed by atoms with E-state index < -0.39 is 17.5 Å². The fourth-order valence-corrected chi connectivity index (χ4v) is 4.61. The van der Waals surface area contributed by atoms with E-state index in [-0.39, 0.29) is 17.4 Å². The van der Waals surface area contributed by atoms with Gasteiger partial charge in [-0.2, -0.15) is 0 Å². The van der Waals surface area contributed by atoms with Gasteiger partial charge in [0.25, 0.3) is 5.91 Å². The first kappa shape index (κ1) is 24.3. The molecule has 0 atom stereocenters. The molecule has 2 amide bonds. The number of nitrogens with one attached hydrogen (secondary N) is 1. The van der Waals surface area contributed by atoms with Gasteiger partial charge in [0.15, 0.2) is 0 Å². The van der Waals surface area contributed by atoms with E-state index in [1.807, 2.05) is 12.1 Å². The molecule has 2 saturated heterocycles. The molecule has 0 unspecified atom stereocenters. The second-order valence-corrected chi connectivity index (χ2v) is 9.31. The van der Waals surface area contributed by atoms with Gasteiger partial charge in [-0.3, -0.25) is 14.5 Å². The van der Waals surface area contributed by atoms with E-state index in [2.05, 4.69) is 34.3 Å². The van der Waals surface area contributed by atoms with E-state index in [1.54, 1.807) is 0 Å². The Balaban J connectivity index is 1.24. The first-order valence-electron chi connectivity index (χ1n) is 11.9. The summed E-state index contributed by atoms with van der Waals surface area (Å²) in [6.45, 7) is 6.41. The van der Waals surface area contributed by atoms with Crippen LogP contribution in [0.25, 0.3) is 0 Å². The lowest BCUT2D eigenvalue weighted by atomic mass is 9.95. The fourth-order valence-electron chi connectivity index (χ4n) is 4.61. The number of likely N-dealkylation sites (tertiary alicyclic amines) is 1. The zero-order valence-electron chi connectivity index (χ0n) is 19.6. The molecular weight excluding hydrogens is 438 g/mol. The van der Waals surface area contributed by atoms with Crippen LogP contribution in [0.3, 0.4) is 0 Å². The molecule has 0 saturated carbocycles. The van der Waals surface area contributed by atoms with Crippen molar-refractivity contribution in [1.82, 2.24) is 20.0 Å². The van der Waals surface area contributed by atoms with Crippen molar-refractivity contribution in [2.75, 3.05) is 46.3 Å².